The van der Waals surface area contributed by atoms with Gasteiger partial charge in [-0.3, -0.25) is 9.69 Å². The van der Waals surface area contributed by atoms with Crippen LogP contribution in [0.25, 0.3) is 5.69 Å². The molecule has 134 valence electrons. The van der Waals surface area contributed by atoms with E-state index in [9.17, 15) is 9.90 Å². The number of carbonyl (C=O) groups excluding carboxylic acids is 1. The van der Waals surface area contributed by atoms with Crippen LogP contribution in [0.5, 0.6) is 0 Å². The number of aromatic nitrogens is 2. The van der Waals surface area contributed by atoms with Gasteiger partial charge >= 0.3 is 0 Å². The van der Waals surface area contributed by atoms with Gasteiger partial charge in [0.2, 0.25) is 5.91 Å². The van der Waals surface area contributed by atoms with Crippen LogP contribution in [-0.2, 0) is 4.79 Å². The third-order valence-electron chi connectivity index (χ3n) is 4.89. The van der Waals surface area contributed by atoms with E-state index < -0.39 is 0 Å². The van der Waals surface area contributed by atoms with Gasteiger partial charge in [-0.05, 0) is 57.8 Å². The number of aliphatic hydroxyl groups excluding tert-OH is 1. The third kappa shape index (κ3) is 4.08. The van der Waals surface area contributed by atoms with Crippen LogP contribution in [0.15, 0.2) is 30.3 Å². The molecule has 0 unspecified atom stereocenters. The topological polar surface area (TPSA) is 70.4 Å². The Morgan fingerprint density at radius 1 is 1.24 bits per heavy atom. The van der Waals surface area contributed by atoms with Crippen molar-refractivity contribution in [2.45, 2.75) is 26.7 Å². The number of nitrogens with zero attached hydrogens (tertiary/aromatic N) is 3. The minimum absolute atomic E-state index is 0.0127. The summed E-state index contributed by atoms with van der Waals surface area (Å²) in [5, 5.41) is 16.8. The zero-order valence-corrected chi connectivity index (χ0v) is 14.9. The standard InChI is InChI=1S/C19H26N4O2/c1-14-19(15(2)23(21-14)17-6-4-3-5-7-17)20-18(25)12-22-10-8-16(13-24)9-11-22/h3-7,16,24H,8-13H2,1-2H3,(H,20,25). The molecule has 0 aliphatic carbocycles. The van der Waals surface area contributed by atoms with E-state index in [1.165, 1.54) is 0 Å². The van der Waals surface area contributed by atoms with Gasteiger partial charge in [-0.1, -0.05) is 18.2 Å². The van der Waals surface area contributed by atoms with Crippen molar-refractivity contribution in [1.29, 1.82) is 0 Å². The van der Waals surface area contributed by atoms with Crippen molar-refractivity contribution < 1.29 is 9.90 Å². The summed E-state index contributed by atoms with van der Waals surface area (Å²) >= 11 is 0. The van der Waals surface area contributed by atoms with Crippen LogP contribution in [0.2, 0.25) is 0 Å². The third-order valence-corrected chi connectivity index (χ3v) is 4.89. The van der Waals surface area contributed by atoms with Crippen molar-refractivity contribution >= 4 is 11.6 Å². The Labute approximate surface area is 148 Å². The first-order valence-electron chi connectivity index (χ1n) is 8.83. The Hall–Kier alpha value is -2.18. The smallest absolute Gasteiger partial charge is 0.238 e. The van der Waals surface area contributed by atoms with Crippen molar-refractivity contribution in [3.63, 3.8) is 0 Å². The van der Waals surface area contributed by atoms with Crippen molar-refractivity contribution in [1.82, 2.24) is 14.7 Å². The van der Waals surface area contributed by atoms with Crippen LogP contribution in [0.4, 0.5) is 5.69 Å². The Balaban J connectivity index is 1.65. The average molecular weight is 342 g/mol. The molecule has 1 aromatic heterocycles. The lowest BCUT2D eigenvalue weighted by Gasteiger charge is -2.30. The highest BCUT2D eigenvalue weighted by Crippen LogP contribution is 2.23. The van der Waals surface area contributed by atoms with Gasteiger partial charge in [0.15, 0.2) is 0 Å². The van der Waals surface area contributed by atoms with Gasteiger partial charge in [0.25, 0.3) is 0 Å². The van der Waals surface area contributed by atoms with Crippen LogP contribution >= 0.6 is 0 Å². The number of amides is 1. The molecule has 6 heteroatoms. The molecule has 1 aromatic carbocycles. The molecular formula is C19H26N4O2. The summed E-state index contributed by atoms with van der Waals surface area (Å²) in [7, 11) is 0. The Kier molecular flexibility index (Phi) is 5.50. The highest BCUT2D eigenvalue weighted by Gasteiger charge is 2.21. The highest BCUT2D eigenvalue weighted by molar-refractivity contribution is 5.93. The number of benzene rings is 1. The molecule has 2 N–H and O–H groups in total. The molecule has 2 aromatic rings. The van der Waals surface area contributed by atoms with Crippen LogP contribution in [0.3, 0.4) is 0 Å². The van der Waals surface area contributed by atoms with Crippen molar-refractivity contribution in [3.05, 3.63) is 41.7 Å². The molecule has 0 atom stereocenters. The largest absolute Gasteiger partial charge is 0.396 e. The summed E-state index contributed by atoms with van der Waals surface area (Å²) < 4.78 is 1.86. The van der Waals surface area contributed by atoms with Gasteiger partial charge in [-0.2, -0.15) is 5.10 Å². The summed E-state index contributed by atoms with van der Waals surface area (Å²) in [5.41, 5.74) is 3.51. The van der Waals surface area contributed by atoms with Crippen molar-refractivity contribution in [2.24, 2.45) is 5.92 Å². The minimum atomic E-state index is -0.0127. The lowest BCUT2D eigenvalue weighted by molar-refractivity contribution is -0.117. The van der Waals surface area contributed by atoms with E-state index in [1.54, 1.807) is 0 Å². The number of hydrogen-bond acceptors (Lipinski definition) is 4. The maximum atomic E-state index is 12.4. The van der Waals surface area contributed by atoms with E-state index in [0.717, 1.165) is 48.7 Å². The quantitative estimate of drug-likeness (QED) is 0.873. The fourth-order valence-corrected chi connectivity index (χ4v) is 3.35. The maximum absolute atomic E-state index is 12.4. The zero-order chi connectivity index (χ0) is 17.8. The summed E-state index contributed by atoms with van der Waals surface area (Å²) in [6.45, 7) is 6.23. The van der Waals surface area contributed by atoms with E-state index in [0.29, 0.717) is 12.5 Å². The van der Waals surface area contributed by atoms with Crippen LogP contribution in [0.1, 0.15) is 24.2 Å². The normalized spacial score (nSPS) is 16.1. The number of piperidine rings is 1. The SMILES string of the molecule is Cc1nn(-c2ccccc2)c(C)c1NC(=O)CN1CCC(CO)CC1. The number of anilines is 1. The lowest BCUT2D eigenvalue weighted by atomic mass is 9.98. The van der Waals surface area contributed by atoms with Gasteiger partial charge in [0.1, 0.15) is 0 Å². The molecule has 1 amide bonds. The second-order valence-electron chi connectivity index (χ2n) is 6.74. The maximum Gasteiger partial charge on any atom is 0.238 e. The molecule has 1 fully saturated rings. The predicted octanol–water partition coefficient (Wildman–Crippen LogP) is 2.13. The predicted molar refractivity (Wildman–Crippen MR) is 97.9 cm³/mol. The second kappa shape index (κ2) is 7.80. The van der Waals surface area contributed by atoms with Gasteiger partial charge in [-0.25, -0.2) is 4.68 Å². The van der Waals surface area contributed by atoms with Crippen molar-refractivity contribution in [3.8, 4) is 5.69 Å². The van der Waals surface area contributed by atoms with Gasteiger partial charge in [0, 0.05) is 6.61 Å². The Bertz CT molecular complexity index is 719. The first-order chi connectivity index (χ1) is 12.1. The number of nitrogens with one attached hydrogen (secondary N) is 1. The first-order valence-corrected chi connectivity index (χ1v) is 8.83. The molecule has 0 radical (unpaired) electrons. The summed E-state index contributed by atoms with van der Waals surface area (Å²) in [4.78, 5) is 14.6. The molecule has 6 nitrogen and oxygen atoms in total. The number of para-hydroxylation sites is 1. The monoisotopic (exact) mass is 342 g/mol. The fraction of sp³-hybridized carbons (Fsp3) is 0.474. The molecule has 1 saturated heterocycles. The first kappa shape index (κ1) is 17.6. The van der Waals surface area contributed by atoms with Crippen LogP contribution < -0.4 is 5.32 Å². The van der Waals surface area contributed by atoms with E-state index in [-0.39, 0.29) is 12.5 Å². The zero-order valence-electron chi connectivity index (χ0n) is 14.9. The molecule has 25 heavy (non-hydrogen) atoms. The molecule has 1 aliphatic heterocycles. The number of likely N-dealkylation sites (tertiary alicyclic amines) is 1. The van der Waals surface area contributed by atoms with Crippen molar-refractivity contribution in [2.75, 3.05) is 31.6 Å². The van der Waals surface area contributed by atoms with E-state index in [2.05, 4.69) is 15.3 Å². The number of aryl methyl sites for hydroxylation is 1. The Morgan fingerprint density at radius 2 is 1.92 bits per heavy atom. The van der Waals surface area contributed by atoms with E-state index in [4.69, 9.17) is 0 Å². The van der Waals surface area contributed by atoms with Gasteiger partial charge < -0.3 is 10.4 Å². The average Bonchev–Trinajstić information content (AvgIpc) is 2.91. The molecule has 3 rings (SSSR count). The van der Waals surface area contributed by atoms with E-state index >= 15 is 0 Å². The van der Waals surface area contributed by atoms with Gasteiger partial charge in [0.05, 0.1) is 29.3 Å². The summed E-state index contributed by atoms with van der Waals surface area (Å²) in [6.07, 6.45) is 1.90. The Morgan fingerprint density at radius 3 is 2.56 bits per heavy atom. The highest BCUT2D eigenvalue weighted by atomic mass is 16.3. The molecule has 0 saturated carbocycles. The van der Waals surface area contributed by atoms with Crippen LogP contribution in [0, 0.1) is 19.8 Å². The molecule has 0 spiro atoms. The summed E-state index contributed by atoms with van der Waals surface area (Å²) in [5.74, 6) is 0.370. The molecular weight excluding hydrogens is 316 g/mol. The van der Waals surface area contributed by atoms with E-state index in [1.807, 2.05) is 48.9 Å². The molecule has 0 bridgehead atoms. The number of rotatable bonds is 5. The summed E-state index contributed by atoms with van der Waals surface area (Å²) in [6, 6.07) is 9.91. The molecule has 2 heterocycles. The number of hydrogen-bond donors (Lipinski definition) is 2. The number of aliphatic hydroxyl groups is 1. The van der Waals surface area contributed by atoms with Crippen LogP contribution in [-0.4, -0.2) is 51.9 Å². The lowest BCUT2D eigenvalue weighted by Crippen LogP contribution is -2.39. The van der Waals surface area contributed by atoms with Gasteiger partial charge in [-0.15, -0.1) is 0 Å². The fourth-order valence-electron chi connectivity index (χ4n) is 3.35. The second-order valence-corrected chi connectivity index (χ2v) is 6.74. The number of carbonyl (C=O) groups is 1. The molecule has 1 aliphatic rings. The minimum Gasteiger partial charge on any atom is -0.396 e.